The van der Waals surface area contributed by atoms with Crippen molar-refractivity contribution >= 4 is 22.4 Å². The molecule has 1 aromatic rings. The number of halogens is 1. The summed E-state index contributed by atoms with van der Waals surface area (Å²) in [7, 11) is -1.10. The smallest absolute Gasteiger partial charge is 0.0779 e. The Morgan fingerprint density at radius 2 is 2.06 bits per heavy atom. The summed E-state index contributed by atoms with van der Waals surface area (Å²) >= 11 is 6.00. The van der Waals surface area contributed by atoms with Crippen LogP contribution in [0, 0.1) is 0 Å². The standard InChI is InChI=1S/C13H20ClNO2S/c1-10(2)15-7-12(16)9-18(17)8-11-5-3-4-6-13(11)14/h3-6,10,12,15-16H,7-9H2,1-2H3. The largest absolute Gasteiger partial charge is 0.391 e. The molecule has 3 nitrogen and oxygen atoms in total. The maximum atomic E-state index is 11.9. The molecule has 0 aliphatic heterocycles. The number of nitrogens with one attached hydrogen (secondary N) is 1. The Labute approximate surface area is 116 Å². The third-order valence-electron chi connectivity index (χ3n) is 2.41. The highest BCUT2D eigenvalue weighted by Gasteiger charge is 2.11. The zero-order valence-corrected chi connectivity index (χ0v) is 12.3. The zero-order valence-electron chi connectivity index (χ0n) is 10.7. The van der Waals surface area contributed by atoms with Crippen molar-refractivity contribution in [2.75, 3.05) is 12.3 Å². The van der Waals surface area contributed by atoms with E-state index < -0.39 is 16.9 Å². The van der Waals surface area contributed by atoms with Crippen LogP contribution < -0.4 is 5.32 Å². The molecule has 0 fully saturated rings. The van der Waals surface area contributed by atoms with Crippen LogP contribution in [-0.2, 0) is 16.6 Å². The van der Waals surface area contributed by atoms with E-state index in [2.05, 4.69) is 5.32 Å². The van der Waals surface area contributed by atoms with E-state index in [-0.39, 0.29) is 5.75 Å². The van der Waals surface area contributed by atoms with Crippen LogP contribution in [0.5, 0.6) is 0 Å². The molecule has 0 aliphatic carbocycles. The van der Waals surface area contributed by atoms with E-state index >= 15 is 0 Å². The summed E-state index contributed by atoms with van der Waals surface area (Å²) in [5.74, 6) is 0.656. The molecule has 0 spiro atoms. The van der Waals surface area contributed by atoms with Gasteiger partial charge in [-0.1, -0.05) is 43.6 Å². The minimum absolute atomic E-state index is 0.269. The third-order valence-corrected chi connectivity index (χ3v) is 4.17. The molecule has 0 saturated heterocycles. The van der Waals surface area contributed by atoms with Gasteiger partial charge in [-0.2, -0.15) is 0 Å². The molecule has 2 atom stereocenters. The normalized spacial score (nSPS) is 14.7. The lowest BCUT2D eigenvalue weighted by Crippen LogP contribution is -2.35. The maximum absolute atomic E-state index is 11.9. The Kier molecular flexibility index (Phi) is 6.86. The topological polar surface area (TPSA) is 49.3 Å². The Bertz CT molecular complexity index is 398. The van der Waals surface area contributed by atoms with Gasteiger partial charge in [-0.15, -0.1) is 0 Å². The Morgan fingerprint density at radius 3 is 2.67 bits per heavy atom. The summed E-state index contributed by atoms with van der Waals surface area (Å²) in [5.41, 5.74) is 0.863. The lowest BCUT2D eigenvalue weighted by atomic mass is 10.2. The van der Waals surface area contributed by atoms with Crippen molar-refractivity contribution in [1.29, 1.82) is 0 Å². The first-order valence-corrected chi connectivity index (χ1v) is 7.85. The highest BCUT2D eigenvalue weighted by molar-refractivity contribution is 7.84. The van der Waals surface area contributed by atoms with Crippen LogP contribution >= 0.6 is 11.6 Å². The number of aliphatic hydroxyl groups excluding tert-OH is 1. The number of benzene rings is 1. The average Bonchev–Trinajstić information content (AvgIpc) is 2.29. The molecule has 0 saturated carbocycles. The number of aliphatic hydroxyl groups is 1. The van der Waals surface area contributed by atoms with Crippen molar-refractivity contribution < 1.29 is 9.32 Å². The molecule has 5 heteroatoms. The van der Waals surface area contributed by atoms with Crippen LogP contribution in [0.4, 0.5) is 0 Å². The van der Waals surface area contributed by atoms with Gasteiger partial charge in [0.15, 0.2) is 0 Å². The summed E-state index contributed by atoms with van der Waals surface area (Å²) < 4.78 is 11.9. The fraction of sp³-hybridized carbons (Fsp3) is 0.538. The quantitative estimate of drug-likeness (QED) is 0.807. The van der Waals surface area contributed by atoms with Crippen LogP contribution in [0.1, 0.15) is 19.4 Å². The molecule has 0 aromatic heterocycles. The van der Waals surface area contributed by atoms with Gasteiger partial charge < -0.3 is 10.4 Å². The number of rotatable bonds is 7. The molecule has 2 unspecified atom stereocenters. The van der Waals surface area contributed by atoms with Crippen molar-refractivity contribution in [1.82, 2.24) is 5.32 Å². The Hall–Kier alpha value is -0.420. The van der Waals surface area contributed by atoms with E-state index in [1.807, 2.05) is 32.0 Å². The maximum Gasteiger partial charge on any atom is 0.0779 e. The van der Waals surface area contributed by atoms with Gasteiger partial charge in [0.25, 0.3) is 0 Å². The molecular weight excluding hydrogens is 270 g/mol. The summed E-state index contributed by atoms with van der Waals surface area (Å²) in [6.07, 6.45) is -0.587. The SMILES string of the molecule is CC(C)NCC(O)CS(=O)Cc1ccccc1Cl. The van der Waals surface area contributed by atoms with Crippen molar-refractivity contribution in [3.8, 4) is 0 Å². The van der Waals surface area contributed by atoms with Crippen molar-refractivity contribution in [2.45, 2.75) is 31.7 Å². The first-order valence-electron chi connectivity index (χ1n) is 5.99. The number of hydrogen-bond donors (Lipinski definition) is 2. The molecule has 0 amide bonds. The van der Waals surface area contributed by atoms with Crippen LogP contribution in [0.2, 0.25) is 5.02 Å². The lowest BCUT2D eigenvalue weighted by molar-refractivity contribution is 0.191. The highest BCUT2D eigenvalue weighted by atomic mass is 35.5. The summed E-state index contributed by atoms with van der Waals surface area (Å²) in [6, 6.07) is 7.67. The van der Waals surface area contributed by atoms with Crippen LogP contribution in [0.15, 0.2) is 24.3 Å². The number of hydrogen-bond acceptors (Lipinski definition) is 3. The van der Waals surface area contributed by atoms with E-state index in [1.54, 1.807) is 6.07 Å². The van der Waals surface area contributed by atoms with E-state index in [9.17, 15) is 9.32 Å². The molecule has 18 heavy (non-hydrogen) atoms. The summed E-state index contributed by atoms with van der Waals surface area (Å²) in [5, 5.41) is 13.5. The summed E-state index contributed by atoms with van der Waals surface area (Å²) in [4.78, 5) is 0. The first kappa shape index (κ1) is 15.6. The molecule has 1 aromatic carbocycles. The van der Waals surface area contributed by atoms with E-state index in [4.69, 9.17) is 11.6 Å². The molecule has 1 rings (SSSR count). The fourth-order valence-corrected chi connectivity index (χ4v) is 3.04. The second kappa shape index (κ2) is 7.89. The van der Waals surface area contributed by atoms with Gasteiger partial charge in [-0.25, -0.2) is 0 Å². The van der Waals surface area contributed by atoms with E-state index in [0.29, 0.717) is 23.4 Å². The van der Waals surface area contributed by atoms with Gasteiger partial charge in [0, 0.05) is 28.4 Å². The summed E-state index contributed by atoms with van der Waals surface area (Å²) in [6.45, 7) is 4.48. The molecule has 0 aliphatic rings. The Balaban J connectivity index is 2.40. The van der Waals surface area contributed by atoms with Crippen molar-refractivity contribution in [3.63, 3.8) is 0 Å². The monoisotopic (exact) mass is 289 g/mol. The van der Waals surface area contributed by atoms with Crippen LogP contribution in [0.3, 0.4) is 0 Å². The molecule has 0 radical (unpaired) electrons. The van der Waals surface area contributed by atoms with E-state index in [1.165, 1.54) is 0 Å². The van der Waals surface area contributed by atoms with Gasteiger partial charge in [-0.05, 0) is 11.6 Å². The van der Waals surface area contributed by atoms with Gasteiger partial charge in [0.05, 0.1) is 17.6 Å². The van der Waals surface area contributed by atoms with Gasteiger partial charge in [-0.3, -0.25) is 4.21 Å². The van der Waals surface area contributed by atoms with Crippen molar-refractivity contribution in [3.05, 3.63) is 34.9 Å². The van der Waals surface area contributed by atoms with Gasteiger partial charge in [0.1, 0.15) is 0 Å². The molecule has 0 heterocycles. The zero-order chi connectivity index (χ0) is 13.5. The molecule has 102 valence electrons. The third kappa shape index (κ3) is 5.96. The van der Waals surface area contributed by atoms with Crippen molar-refractivity contribution in [2.24, 2.45) is 0 Å². The minimum Gasteiger partial charge on any atom is -0.391 e. The van der Waals surface area contributed by atoms with Crippen LogP contribution in [-0.4, -0.2) is 33.8 Å². The predicted molar refractivity (Wildman–Crippen MR) is 77.3 cm³/mol. The molecule has 2 N–H and O–H groups in total. The molecule has 0 bridgehead atoms. The Morgan fingerprint density at radius 1 is 1.39 bits per heavy atom. The van der Waals surface area contributed by atoms with E-state index in [0.717, 1.165) is 5.56 Å². The highest BCUT2D eigenvalue weighted by Crippen LogP contribution is 2.16. The predicted octanol–water partition coefficient (Wildman–Crippen LogP) is 1.95. The first-order chi connectivity index (χ1) is 8.49. The second-order valence-electron chi connectivity index (χ2n) is 4.56. The lowest BCUT2D eigenvalue weighted by Gasteiger charge is -2.14. The molecular formula is C13H20ClNO2S. The van der Waals surface area contributed by atoms with Crippen LogP contribution in [0.25, 0.3) is 0 Å². The fourth-order valence-electron chi connectivity index (χ4n) is 1.49. The van der Waals surface area contributed by atoms with Gasteiger partial charge >= 0.3 is 0 Å². The minimum atomic E-state index is -1.10. The van der Waals surface area contributed by atoms with Gasteiger partial charge in [0.2, 0.25) is 0 Å². The average molecular weight is 290 g/mol. The second-order valence-corrected chi connectivity index (χ2v) is 6.47.